The molecule has 0 aliphatic carbocycles. The van der Waals surface area contributed by atoms with Crippen LogP contribution in [-0.4, -0.2) is 18.0 Å². The summed E-state index contributed by atoms with van der Waals surface area (Å²) in [4.78, 5) is 14.7. The number of H-pyrrole nitrogens is 1. The van der Waals surface area contributed by atoms with Gasteiger partial charge in [-0.3, -0.25) is 4.98 Å². The number of nitrogens with one attached hydrogen (secondary N) is 1. The number of hydrogen-bond donors (Lipinski definition) is 1. The third-order valence-corrected chi connectivity index (χ3v) is 3.75. The minimum absolute atomic E-state index is 0.320. The minimum Gasteiger partial charge on any atom is -0.496 e. The molecule has 1 aromatic heterocycles. The lowest BCUT2D eigenvalue weighted by Crippen LogP contribution is -1.94. The summed E-state index contributed by atoms with van der Waals surface area (Å²) >= 11 is 0.847. The van der Waals surface area contributed by atoms with Crippen molar-refractivity contribution in [3.05, 3.63) is 71.4 Å². The van der Waals surface area contributed by atoms with Crippen molar-refractivity contribution in [2.24, 2.45) is 4.36 Å². The van der Waals surface area contributed by atoms with E-state index in [1.165, 1.54) is 6.39 Å². The van der Waals surface area contributed by atoms with Crippen LogP contribution in [0.4, 0.5) is 5.69 Å². The van der Waals surface area contributed by atoms with Crippen LogP contribution in [0, 0.1) is 0 Å². The van der Waals surface area contributed by atoms with Crippen LogP contribution in [0.25, 0.3) is 16.0 Å². The van der Waals surface area contributed by atoms with Gasteiger partial charge in [0.25, 0.3) is 11.7 Å². The Balaban J connectivity index is 1.72. The molecule has 0 aliphatic rings. The van der Waals surface area contributed by atoms with Gasteiger partial charge in [0.15, 0.2) is 0 Å². The highest BCUT2D eigenvalue weighted by atomic mass is 32.1. The molecule has 120 valence electrons. The van der Waals surface area contributed by atoms with E-state index >= 15 is 0 Å². The smallest absolute Gasteiger partial charge is 0.394 e. The highest BCUT2D eigenvalue weighted by Crippen LogP contribution is 2.33. The number of ether oxygens (including phenoxy) is 1. The van der Waals surface area contributed by atoms with Gasteiger partial charge < -0.3 is 14.3 Å². The van der Waals surface area contributed by atoms with Gasteiger partial charge >= 0.3 is 12.2 Å². The van der Waals surface area contributed by atoms with Crippen LogP contribution in [0.15, 0.2) is 69.9 Å². The van der Waals surface area contributed by atoms with Crippen molar-refractivity contribution in [3.63, 3.8) is 0 Å². The Morgan fingerprint density at radius 1 is 1.25 bits per heavy atom. The number of hydrogen-bond acceptors (Lipinski definition) is 3. The molecule has 3 aromatic rings. The monoisotopic (exact) mass is 340 g/mol. The summed E-state index contributed by atoms with van der Waals surface area (Å²) < 4.78 is 18.8. The summed E-state index contributed by atoms with van der Waals surface area (Å²) in [5.74, 6) is 0.962. The number of aromatic nitrogens is 1. The molecule has 1 N–H and O–H groups in total. The lowest BCUT2D eigenvalue weighted by atomic mass is 10.1. The maximum Gasteiger partial charge on any atom is 0.394 e. The van der Waals surface area contributed by atoms with Crippen LogP contribution < -0.4 is 4.74 Å². The van der Waals surface area contributed by atoms with Crippen LogP contribution in [-0.2, 0) is 11.7 Å². The molecule has 0 atom stereocenters. The summed E-state index contributed by atoms with van der Waals surface area (Å²) in [6.07, 6.45) is 3.22. The van der Waals surface area contributed by atoms with E-state index in [1.807, 2.05) is 12.1 Å². The first-order chi connectivity index (χ1) is 11.8. The summed E-state index contributed by atoms with van der Waals surface area (Å²) in [5.41, 5.74) is 1.97. The minimum atomic E-state index is -0.320. The van der Waals surface area contributed by atoms with Gasteiger partial charge in [-0.15, -0.1) is 0 Å². The molecule has 0 fully saturated rings. The molecule has 7 heteroatoms. The second kappa shape index (κ2) is 7.47. The number of nitrogens with zero attached hydrogens (tertiary/aromatic N) is 2. The zero-order chi connectivity index (χ0) is 16.8. The van der Waals surface area contributed by atoms with Crippen LogP contribution >= 0.6 is 0 Å². The average molecular weight is 340 g/mol. The molecular weight excluding hydrogens is 326 g/mol. The SMILES string of the molecule is COc1cc(N=[S+][N-]C(=O)c2ccccc2)ccc1-c1c[nH]c[o+]1. The van der Waals surface area contributed by atoms with Crippen molar-refractivity contribution in [2.45, 2.75) is 0 Å². The van der Waals surface area contributed by atoms with Gasteiger partial charge in [0, 0.05) is 16.0 Å². The van der Waals surface area contributed by atoms with Crippen molar-refractivity contribution in [3.8, 4) is 17.1 Å². The van der Waals surface area contributed by atoms with E-state index in [-0.39, 0.29) is 5.91 Å². The van der Waals surface area contributed by atoms with E-state index in [1.54, 1.807) is 49.7 Å². The first-order valence-electron chi connectivity index (χ1n) is 7.08. The third-order valence-electron chi connectivity index (χ3n) is 3.21. The standard InChI is InChI=1S/C17H14N3O3S/c1-22-15-9-13(7-8-14(15)16-10-18-11-23-16)19-24-20-17(21)12-5-3-2-4-6-12/h2-11,18H,1H3/q+1. The van der Waals surface area contributed by atoms with E-state index in [9.17, 15) is 4.79 Å². The Bertz CT molecular complexity index is 849. The zero-order valence-electron chi connectivity index (χ0n) is 12.8. The number of rotatable bonds is 5. The van der Waals surface area contributed by atoms with Crippen molar-refractivity contribution in [2.75, 3.05) is 7.11 Å². The number of carbonyl (C=O) groups is 1. The highest BCUT2D eigenvalue weighted by Gasteiger charge is 2.18. The first kappa shape index (κ1) is 15.8. The number of aromatic amines is 1. The Kier molecular flexibility index (Phi) is 4.93. The molecule has 6 nitrogen and oxygen atoms in total. The molecule has 1 amide bonds. The van der Waals surface area contributed by atoms with Gasteiger partial charge in [0.1, 0.15) is 29.1 Å². The number of benzene rings is 2. The van der Waals surface area contributed by atoms with Crippen molar-refractivity contribution in [1.29, 1.82) is 0 Å². The van der Waals surface area contributed by atoms with Gasteiger partial charge in [0.2, 0.25) is 0 Å². The molecule has 0 saturated heterocycles. The van der Waals surface area contributed by atoms with E-state index < -0.39 is 0 Å². The second-order valence-electron chi connectivity index (χ2n) is 4.73. The molecule has 2 aromatic carbocycles. The van der Waals surface area contributed by atoms with Gasteiger partial charge in [-0.1, -0.05) is 30.3 Å². The summed E-state index contributed by atoms with van der Waals surface area (Å²) in [6.45, 7) is 0. The van der Waals surface area contributed by atoms with Crippen LogP contribution in [0.1, 0.15) is 10.4 Å². The highest BCUT2D eigenvalue weighted by molar-refractivity contribution is 7.72. The fourth-order valence-corrected chi connectivity index (χ4v) is 2.49. The topological polar surface area (TPSA) is 79.8 Å². The molecule has 0 bridgehead atoms. The lowest BCUT2D eigenvalue weighted by Gasteiger charge is -2.02. The molecule has 0 spiro atoms. The number of methoxy groups -OCH3 is 1. The summed E-state index contributed by atoms with van der Waals surface area (Å²) in [7, 11) is 1.58. The number of amides is 1. The Labute approximate surface area is 142 Å². The normalized spacial score (nSPS) is 10.7. The largest absolute Gasteiger partial charge is 0.496 e. The van der Waals surface area contributed by atoms with Crippen LogP contribution in [0.2, 0.25) is 0 Å². The number of oxazole rings is 1. The molecule has 1 heterocycles. The average Bonchev–Trinajstić information content (AvgIpc) is 3.16. The first-order valence-corrected chi connectivity index (χ1v) is 7.81. The van der Waals surface area contributed by atoms with E-state index in [0.29, 0.717) is 22.8 Å². The van der Waals surface area contributed by atoms with Gasteiger partial charge in [-0.05, 0) is 12.1 Å². The van der Waals surface area contributed by atoms with Gasteiger partial charge in [-0.25, -0.2) is 0 Å². The third kappa shape index (κ3) is 3.64. The van der Waals surface area contributed by atoms with Gasteiger partial charge in [0.05, 0.1) is 7.11 Å². The molecule has 24 heavy (non-hydrogen) atoms. The lowest BCUT2D eigenvalue weighted by molar-refractivity contribution is 0.104. The molecular formula is C17H14N3O3S+. The van der Waals surface area contributed by atoms with Gasteiger partial charge in [-0.2, -0.15) is 4.42 Å². The maximum absolute atomic E-state index is 11.9. The molecule has 3 rings (SSSR count). The maximum atomic E-state index is 11.9. The fraction of sp³-hybridized carbons (Fsp3) is 0.0588. The van der Waals surface area contributed by atoms with E-state index in [2.05, 4.69) is 14.1 Å². The van der Waals surface area contributed by atoms with E-state index in [0.717, 1.165) is 17.3 Å². The Morgan fingerprint density at radius 2 is 2.08 bits per heavy atom. The predicted molar refractivity (Wildman–Crippen MR) is 93.0 cm³/mol. The molecule has 0 radical (unpaired) electrons. The quantitative estimate of drug-likeness (QED) is 0.545. The molecule has 0 saturated carbocycles. The Hall–Kier alpha value is -3.06. The van der Waals surface area contributed by atoms with Crippen LogP contribution in [0.3, 0.4) is 0 Å². The summed E-state index contributed by atoms with van der Waals surface area (Å²) in [6, 6.07) is 14.3. The van der Waals surface area contributed by atoms with Crippen LogP contribution in [0.5, 0.6) is 5.75 Å². The van der Waals surface area contributed by atoms with Crippen molar-refractivity contribution in [1.82, 2.24) is 4.98 Å². The summed E-state index contributed by atoms with van der Waals surface area (Å²) in [5, 5.41) is 0. The second-order valence-corrected chi connectivity index (χ2v) is 5.26. The van der Waals surface area contributed by atoms with Crippen molar-refractivity contribution >= 4 is 23.3 Å². The predicted octanol–water partition coefficient (Wildman–Crippen LogP) is 4.59. The number of carbonyl (C=O) groups excluding carboxylic acids is 1. The van der Waals surface area contributed by atoms with E-state index in [4.69, 9.17) is 9.15 Å². The Morgan fingerprint density at radius 3 is 2.79 bits per heavy atom. The molecule has 0 unspecified atom stereocenters. The zero-order valence-corrected chi connectivity index (χ0v) is 13.6. The molecule has 0 aliphatic heterocycles. The fourth-order valence-electron chi connectivity index (χ4n) is 2.06. The van der Waals surface area contributed by atoms with Crippen molar-refractivity contribution < 1.29 is 13.9 Å².